The molecule has 2 N–H and O–H groups in total. The second-order valence-electron chi connectivity index (χ2n) is 4.51. The third-order valence-electron chi connectivity index (χ3n) is 3.40. The summed E-state index contributed by atoms with van der Waals surface area (Å²) in [6, 6.07) is 3.96. The van der Waals surface area contributed by atoms with Gasteiger partial charge in [-0.1, -0.05) is 6.07 Å². The lowest BCUT2D eigenvalue weighted by Crippen LogP contribution is -2.40. The normalized spacial score (nSPS) is 20.3. The second-order valence-corrected chi connectivity index (χ2v) is 6.37. The van der Waals surface area contributed by atoms with E-state index in [-0.39, 0.29) is 28.9 Å². The number of rotatable bonds is 3. The Morgan fingerprint density at radius 2 is 2.16 bits per heavy atom. The molecule has 1 aliphatic heterocycles. The molecule has 0 aliphatic carbocycles. The van der Waals surface area contributed by atoms with Crippen LogP contribution < -0.4 is 5.73 Å². The van der Waals surface area contributed by atoms with Gasteiger partial charge in [0.1, 0.15) is 5.82 Å². The average Bonchev–Trinajstić information content (AvgIpc) is 2.81. The van der Waals surface area contributed by atoms with E-state index in [4.69, 9.17) is 5.73 Å². The molecule has 7 heteroatoms. The molecule has 1 aliphatic rings. The molecule has 0 spiro atoms. The first-order valence-corrected chi connectivity index (χ1v) is 7.39. The minimum Gasteiger partial charge on any atom is -0.329 e. The Morgan fingerprint density at radius 1 is 1.47 bits per heavy atom. The highest BCUT2D eigenvalue weighted by atomic mass is 35.5. The molecule has 1 aromatic rings. The SMILES string of the molecule is Cc1c(F)cccc1S(=O)(=O)N1CCCC1CN.Cl. The molecule has 2 rings (SSSR count). The highest BCUT2D eigenvalue weighted by Gasteiger charge is 2.35. The summed E-state index contributed by atoms with van der Waals surface area (Å²) in [6.07, 6.45) is 1.57. The van der Waals surface area contributed by atoms with Crippen molar-refractivity contribution >= 4 is 22.4 Å². The fraction of sp³-hybridized carbons (Fsp3) is 0.500. The van der Waals surface area contributed by atoms with E-state index in [1.807, 2.05) is 0 Å². The lowest BCUT2D eigenvalue weighted by molar-refractivity contribution is 0.392. The van der Waals surface area contributed by atoms with Crippen LogP contribution in [-0.4, -0.2) is 31.9 Å². The summed E-state index contributed by atoms with van der Waals surface area (Å²) >= 11 is 0. The predicted octanol–water partition coefficient (Wildman–Crippen LogP) is 1.67. The van der Waals surface area contributed by atoms with Crippen molar-refractivity contribution < 1.29 is 12.8 Å². The summed E-state index contributed by atoms with van der Waals surface area (Å²) in [5.74, 6) is -0.500. The third kappa shape index (κ3) is 2.91. The van der Waals surface area contributed by atoms with Gasteiger partial charge in [0.05, 0.1) is 4.90 Å². The van der Waals surface area contributed by atoms with Gasteiger partial charge in [-0.05, 0) is 31.9 Å². The predicted molar refractivity (Wildman–Crippen MR) is 74.4 cm³/mol. The Balaban J connectivity index is 0.00000180. The molecule has 19 heavy (non-hydrogen) atoms. The monoisotopic (exact) mass is 308 g/mol. The maximum absolute atomic E-state index is 13.5. The zero-order valence-electron chi connectivity index (χ0n) is 10.7. The van der Waals surface area contributed by atoms with Gasteiger partial charge in [0.2, 0.25) is 10.0 Å². The van der Waals surface area contributed by atoms with Crippen LogP contribution in [0.15, 0.2) is 23.1 Å². The summed E-state index contributed by atoms with van der Waals surface area (Å²) in [5, 5.41) is 0. The lowest BCUT2D eigenvalue weighted by atomic mass is 10.2. The minimum absolute atomic E-state index is 0. The average molecular weight is 309 g/mol. The van der Waals surface area contributed by atoms with Crippen LogP contribution in [0.1, 0.15) is 18.4 Å². The Hall–Kier alpha value is -0.690. The Bertz CT molecular complexity index is 551. The smallest absolute Gasteiger partial charge is 0.243 e. The van der Waals surface area contributed by atoms with E-state index in [0.717, 1.165) is 12.8 Å². The maximum atomic E-state index is 13.5. The largest absolute Gasteiger partial charge is 0.329 e. The number of halogens is 2. The molecular formula is C12H18ClFN2O2S. The van der Waals surface area contributed by atoms with Crippen LogP contribution in [0.4, 0.5) is 4.39 Å². The first-order chi connectivity index (χ1) is 8.48. The van der Waals surface area contributed by atoms with Crippen LogP contribution in [0.5, 0.6) is 0 Å². The van der Waals surface area contributed by atoms with E-state index in [2.05, 4.69) is 0 Å². The molecule has 0 aromatic heterocycles. The molecule has 1 aromatic carbocycles. The van der Waals surface area contributed by atoms with Crippen molar-refractivity contribution in [2.24, 2.45) is 5.73 Å². The Morgan fingerprint density at radius 3 is 2.79 bits per heavy atom. The van der Waals surface area contributed by atoms with Crippen LogP contribution in [0.3, 0.4) is 0 Å². The first-order valence-electron chi connectivity index (χ1n) is 5.95. The number of hydrogen-bond donors (Lipinski definition) is 1. The van der Waals surface area contributed by atoms with Gasteiger partial charge < -0.3 is 5.73 Å². The van der Waals surface area contributed by atoms with Gasteiger partial charge in [0, 0.05) is 24.7 Å². The Kier molecular flexibility index (Phi) is 5.32. The van der Waals surface area contributed by atoms with Crippen LogP contribution in [0.2, 0.25) is 0 Å². The fourth-order valence-corrected chi connectivity index (χ4v) is 4.30. The molecule has 1 unspecified atom stereocenters. The van der Waals surface area contributed by atoms with Crippen molar-refractivity contribution in [3.63, 3.8) is 0 Å². The minimum atomic E-state index is -3.64. The van der Waals surface area contributed by atoms with Crippen LogP contribution in [-0.2, 0) is 10.0 Å². The number of hydrogen-bond acceptors (Lipinski definition) is 3. The van der Waals surface area contributed by atoms with Crippen LogP contribution in [0.25, 0.3) is 0 Å². The molecule has 0 saturated carbocycles. The Labute approximate surface area is 119 Å². The molecule has 1 heterocycles. The van der Waals surface area contributed by atoms with Gasteiger partial charge in [0.15, 0.2) is 0 Å². The van der Waals surface area contributed by atoms with Crippen LogP contribution in [0, 0.1) is 12.7 Å². The molecule has 4 nitrogen and oxygen atoms in total. The van der Waals surface area contributed by atoms with Crippen molar-refractivity contribution in [1.29, 1.82) is 0 Å². The van der Waals surface area contributed by atoms with Crippen molar-refractivity contribution in [1.82, 2.24) is 4.31 Å². The summed E-state index contributed by atoms with van der Waals surface area (Å²) in [4.78, 5) is 0.0443. The van der Waals surface area contributed by atoms with Gasteiger partial charge in [-0.15, -0.1) is 12.4 Å². The summed E-state index contributed by atoms with van der Waals surface area (Å²) in [6.45, 7) is 2.24. The lowest BCUT2D eigenvalue weighted by Gasteiger charge is -2.23. The highest BCUT2D eigenvalue weighted by molar-refractivity contribution is 7.89. The molecule has 0 amide bonds. The van der Waals surface area contributed by atoms with Crippen molar-refractivity contribution in [2.45, 2.75) is 30.7 Å². The second kappa shape index (κ2) is 6.17. The molecule has 0 bridgehead atoms. The summed E-state index contributed by atoms with van der Waals surface area (Å²) in [5.41, 5.74) is 5.75. The number of nitrogens with zero attached hydrogens (tertiary/aromatic N) is 1. The van der Waals surface area contributed by atoms with E-state index < -0.39 is 15.8 Å². The standard InChI is InChI=1S/C12H17FN2O2S.ClH/c1-9-11(13)5-2-6-12(9)18(16,17)15-7-3-4-10(15)8-14;/h2,5-6,10H,3-4,7-8,14H2,1H3;1H. The summed E-state index contributed by atoms with van der Waals surface area (Å²) in [7, 11) is -3.64. The van der Waals surface area contributed by atoms with Crippen molar-refractivity contribution in [3.8, 4) is 0 Å². The van der Waals surface area contributed by atoms with Crippen molar-refractivity contribution in [2.75, 3.05) is 13.1 Å². The number of benzene rings is 1. The van der Waals surface area contributed by atoms with Gasteiger partial charge in [-0.25, -0.2) is 12.8 Å². The van der Waals surface area contributed by atoms with Gasteiger partial charge in [-0.2, -0.15) is 4.31 Å². The first kappa shape index (κ1) is 16.4. The maximum Gasteiger partial charge on any atom is 0.243 e. The fourth-order valence-electron chi connectivity index (χ4n) is 2.35. The van der Waals surface area contributed by atoms with Gasteiger partial charge in [0.25, 0.3) is 0 Å². The third-order valence-corrected chi connectivity index (χ3v) is 5.50. The zero-order valence-corrected chi connectivity index (χ0v) is 12.3. The van der Waals surface area contributed by atoms with Crippen LogP contribution >= 0.6 is 12.4 Å². The van der Waals surface area contributed by atoms with E-state index in [1.54, 1.807) is 0 Å². The number of nitrogens with two attached hydrogens (primary N) is 1. The molecule has 1 saturated heterocycles. The van der Waals surface area contributed by atoms with E-state index in [9.17, 15) is 12.8 Å². The van der Waals surface area contributed by atoms with Gasteiger partial charge >= 0.3 is 0 Å². The molecule has 1 fully saturated rings. The number of sulfonamides is 1. The van der Waals surface area contributed by atoms with Gasteiger partial charge in [-0.3, -0.25) is 0 Å². The molecule has 1 atom stereocenters. The van der Waals surface area contributed by atoms with E-state index >= 15 is 0 Å². The molecule has 0 radical (unpaired) electrons. The van der Waals surface area contributed by atoms with E-state index in [1.165, 1.54) is 29.4 Å². The van der Waals surface area contributed by atoms with Crippen molar-refractivity contribution in [3.05, 3.63) is 29.6 Å². The molecular weight excluding hydrogens is 291 g/mol. The summed E-state index contributed by atoms with van der Waals surface area (Å²) < 4.78 is 39.8. The molecule has 108 valence electrons. The topological polar surface area (TPSA) is 63.4 Å². The zero-order chi connectivity index (χ0) is 13.3. The highest BCUT2D eigenvalue weighted by Crippen LogP contribution is 2.28. The van der Waals surface area contributed by atoms with E-state index in [0.29, 0.717) is 13.1 Å². The quantitative estimate of drug-likeness (QED) is 0.924.